The van der Waals surface area contributed by atoms with Gasteiger partial charge in [0.05, 0.1) is 5.69 Å². The van der Waals surface area contributed by atoms with E-state index in [4.69, 9.17) is 0 Å². The summed E-state index contributed by atoms with van der Waals surface area (Å²) in [5, 5.41) is 5.04. The minimum atomic E-state index is 0.0700. The van der Waals surface area contributed by atoms with Crippen LogP contribution in [0.3, 0.4) is 0 Å². The molecule has 0 bridgehead atoms. The predicted octanol–water partition coefficient (Wildman–Crippen LogP) is 16.2. The summed E-state index contributed by atoms with van der Waals surface area (Å²) in [6.45, 7) is 0. The number of anilines is 3. The van der Waals surface area contributed by atoms with Gasteiger partial charge in [0.25, 0.3) is 0 Å². The van der Waals surface area contributed by atoms with Gasteiger partial charge in [-0.1, -0.05) is 188 Å². The Morgan fingerprint density at radius 3 is 1.65 bits per heavy atom. The van der Waals surface area contributed by atoms with E-state index >= 15 is 0 Å². The maximum absolute atomic E-state index is 2.51. The van der Waals surface area contributed by atoms with Crippen molar-refractivity contribution < 1.29 is 0 Å². The summed E-state index contributed by atoms with van der Waals surface area (Å²) in [4.78, 5) is 2.51. The van der Waals surface area contributed by atoms with Crippen LogP contribution in [0.25, 0.3) is 77.2 Å². The molecule has 282 valence electrons. The van der Waals surface area contributed by atoms with E-state index in [0.29, 0.717) is 0 Å². The van der Waals surface area contributed by atoms with Crippen molar-refractivity contribution in [3.63, 3.8) is 0 Å². The molecule has 1 nitrogen and oxygen atoms in total. The molecule has 10 aromatic carbocycles. The van der Waals surface area contributed by atoms with Crippen LogP contribution in [0.1, 0.15) is 24.0 Å². The van der Waals surface area contributed by atoms with Gasteiger partial charge in [0.15, 0.2) is 0 Å². The Morgan fingerprint density at radius 1 is 0.317 bits per heavy atom. The van der Waals surface area contributed by atoms with Crippen LogP contribution in [-0.4, -0.2) is 0 Å². The molecule has 0 aliphatic heterocycles. The molecule has 1 spiro atoms. The minimum absolute atomic E-state index is 0.0700. The second-order valence-corrected chi connectivity index (χ2v) is 16.5. The molecule has 0 aromatic heterocycles. The highest BCUT2D eigenvalue weighted by Crippen LogP contribution is 2.65. The number of benzene rings is 10. The molecule has 0 unspecified atom stereocenters. The van der Waals surface area contributed by atoms with Crippen molar-refractivity contribution in [2.75, 3.05) is 4.90 Å². The normalized spacial score (nSPS) is 13.3. The van der Waals surface area contributed by atoms with Crippen LogP contribution in [-0.2, 0) is 5.41 Å². The van der Waals surface area contributed by atoms with Gasteiger partial charge < -0.3 is 4.90 Å². The van der Waals surface area contributed by atoms with Gasteiger partial charge >= 0.3 is 0 Å². The standard InChI is InChI=1S/C59H41N/c1-2-12-40(13-3-1)47-31-30-43-16-10-22-52(55(43)39-47)44-28-26-41(27-29-44)46-17-8-18-49(38-46)60(48-34-32-45(33-35-48)51-21-9-15-42-14-4-5-19-50(42)51)57-25-11-23-54-53-20-6-7-24-56(53)59(36-37-59)58(54)57/h1-35,38-39H,36-37H2. The van der Waals surface area contributed by atoms with Crippen molar-refractivity contribution in [2.45, 2.75) is 18.3 Å². The molecule has 0 radical (unpaired) electrons. The van der Waals surface area contributed by atoms with Gasteiger partial charge in [-0.05, 0) is 138 Å². The first-order chi connectivity index (χ1) is 29.7. The summed E-state index contributed by atoms with van der Waals surface area (Å²) < 4.78 is 0. The highest BCUT2D eigenvalue weighted by molar-refractivity contribution is 6.00. The Balaban J connectivity index is 0.956. The highest BCUT2D eigenvalue weighted by Gasteiger charge is 2.54. The fraction of sp³-hybridized carbons (Fsp3) is 0.0508. The molecular weight excluding hydrogens is 723 g/mol. The third-order valence-corrected chi connectivity index (χ3v) is 13.1. The number of hydrogen-bond donors (Lipinski definition) is 0. The fourth-order valence-electron chi connectivity index (χ4n) is 10.1. The number of fused-ring (bicyclic) bond motifs is 7. The summed E-state index contributed by atoms with van der Waals surface area (Å²) in [6.07, 6.45) is 2.36. The molecule has 10 aromatic rings. The molecule has 2 aliphatic rings. The molecule has 0 heterocycles. The van der Waals surface area contributed by atoms with Crippen LogP contribution in [0.15, 0.2) is 224 Å². The molecule has 2 aliphatic carbocycles. The van der Waals surface area contributed by atoms with E-state index in [-0.39, 0.29) is 5.41 Å². The number of rotatable bonds is 7. The molecule has 1 saturated carbocycles. The molecular formula is C59H41N. The van der Waals surface area contributed by atoms with Crippen LogP contribution in [0, 0.1) is 0 Å². The maximum atomic E-state index is 2.51. The summed E-state index contributed by atoms with van der Waals surface area (Å²) in [7, 11) is 0. The quantitative estimate of drug-likeness (QED) is 0.156. The van der Waals surface area contributed by atoms with Crippen molar-refractivity contribution in [1.82, 2.24) is 0 Å². The summed E-state index contributed by atoms with van der Waals surface area (Å²) in [5.74, 6) is 0. The lowest BCUT2D eigenvalue weighted by Crippen LogP contribution is -2.15. The van der Waals surface area contributed by atoms with Gasteiger partial charge in [-0.2, -0.15) is 0 Å². The van der Waals surface area contributed by atoms with Gasteiger partial charge in [0.1, 0.15) is 0 Å². The lowest BCUT2D eigenvalue weighted by atomic mass is 9.91. The molecule has 0 saturated heterocycles. The summed E-state index contributed by atoms with van der Waals surface area (Å²) in [5.41, 5.74) is 19.1. The molecule has 0 amide bonds. The van der Waals surface area contributed by atoms with Crippen LogP contribution < -0.4 is 4.90 Å². The number of hydrogen-bond acceptors (Lipinski definition) is 1. The highest BCUT2D eigenvalue weighted by atomic mass is 15.1. The Bertz CT molecular complexity index is 3240. The van der Waals surface area contributed by atoms with Gasteiger partial charge in [-0.3, -0.25) is 0 Å². The van der Waals surface area contributed by atoms with Crippen LogP contribution >= 0.6 is 0 Å². The average Bonchev–Trinajstić information content (AvgIpc) is 4.08. The van der Waals surface area contributed by atoms with E-state index < -0.39 is 0 Å². The molecule has 12 rings (SSSR count). The third kappa shape index (κ3) is 5.62. The Kier molecular flexibility index (Phi) is 7.96. The Morgan fingerprint density at radius 2 is 0.850 bits per heavy atom. The lowest BCUT2D eigenvalue weighted by Gasteiger charge is -2.30. The van der Waals surface area contributed by atoms with Gasteiger partial charge in [0, 0.05) is 16.8 Å². The fourth-order valence-corrected chi connectivity index (χ4v) is 10.1. The molecule has 1 fully saturated rings. The van der Waals surface area contributed by atoms with E-state index in [1.807, 2.05) is 0 Å². The van der Waals surface area contributed by atoms with Crippen molar-refractivity contribution >= 4 is 38.6 Å². The topological polar surface area (TPSA) is 3.24 Å². The zero-order valence-corrected chi connectivity index (χ0v) is 33.2. The third-order valence-electron chi connectivity index (χ3n) is 13.1. The van der Waals surface area contributed by atoms with Gasteiger partial charge in [0.2, 0.25) is 0 Å². The van der Waals surface area contributed by atoms with E-state index in [1.54, 1.807) is 0 Å². The van der Waals surface area contributed by atoms with Crippen LogP contribution in [0.5, 0.6) is 0 Å². The zero-order valence-electron chi connectivity index (χ0n) is 33.2. The molecule has 60 heavy (non-hydrogen) atoms. The Labute approximate surface area is 351 Å². The van der Waals surface area contributed by atoms with Crippen molar-refractivity contribution in [3.05, 3.63) is 236 Å². The van der Waals surface area contributed by atoms with Gasteiger partial charge in [-0.25, -0.2) is 0 Å². The first-order valence-corrected chi connectivity index (χ1v) is 21.1. The SMILES string of the molecule is c1ccc(-c2ccc3cccc(-c4ccc(-c5cccc(N(c6ccc(-c7cccc8ccccc78)cc6)c6cccc7c6C6(CC6)c6ccccc6-7)c5)cc4)c3c2)cc1. The minimum Gasteiger partial charge on any atom is -0.310 e. The number of nitrogens with zero attached hydrogens (tertiary/aromatic N) is 1. The van der Waals surface area contributed by atoms with E-state index in [1.165, 1.54) is 107 Å². The first kappa shape index (κ1) is 34.6. The largest absolute Gasteiger partial charge is 0.310 e. The average molecular weight is 764 g/mol. The molecule has 1 heteroatoms. The monoisotopic (exact) mass is 763 g/mol. The Hall–Kier alpha value is -7.48. The maximum Gasteiger partial charge on any atom is 0.0508 e. The molecule has 0 N–H and O–H groups in total. The van der Waals surface area contributed by atoms with E-state index in [9.17, 15) is 0 Å². The van der Waals surface area contributed by atoms with Crippen molar-refractivity contribution in [2.24, 2.45) is 0 Å². The second-order valence-electron chi connectivity index (χ2n) is 16.5. The van der Waals surface area contributed by atoms with E-state index in [2.05, 4.69) is 229 Å². The van der Waals surface area contributed by atoms with E-state index in [0.717, 1.165) is 11.4 Å². The van der Waals surface area contributed by atoms with Crippen LogP contribution in [0.2, 0.25) is 0 Å². The second kappa shape index (κ2) is 13.8. The van der Waals surface area contributed by atoms with Gasteiger partial charge in [-0.15, -0.1) is 0 Å². The van der Waals surface area contributed by atoms with Crippen molar-refractivity contribution in [3.8, 4) is 55.6 Å². The molecule has 0 atom stereocenters. The smallest absolute Gasteiger partial charge is 0.0508 e. The predicted molar refractivity (Wildman–Crippen MR) is 253 cm³/mol. The van der Waals surface area contributed by atoms with Crippen molar-refractivity contribution in [1.29, 1.82) is 0 Å². The zero-order chi connectivity index (χ0) is 39.6. The summed E-state index contributed by atoms with van der Waals surface area (Å²) in [6, 6.07) is 82.9. The lowest BCUT2D eigenvalue weighted by molar-refractivity contribution is 0.877. The van der Waals surface area contributed by atoms with Crippen LogP contribution in [0.4, 0.5) is 17.1 Å². The summed E-state index contributed by atoms with van der Waals surface area (Å²) >= 11 is 0. The first-order valence-electron chi connectivity index (χ1n) is 21.1.